The summed E-state index contributed by atoms with van der Waals surface area (Å²) in [6.45, 7) is 1.66. The van der Waals surface area contributed by atoms with E-state index >= 15 is 0 Å². The molecule has 0 fully saturated rings. The Morgan fingerprint density at radius 1 is 1.67 bits per heavy atom. The largest absolute Gasteiger partial charge is 0.398 e. The molecule has 4 heteroatoms. The quantitative estimate of drug-likeness (QED) is 0.472. The van der Waals surface area contributed by atoms with Crippen molar-refractivity contribution in [3.05, 3.63) is 45.3 Å². The highest BCUT2D eigenvalue weighted by atomic mass is 16.6. The molecule has 64 valence electrons. The number of hydrogen-bond acceptors (Lipinski definition) is 3. The van der Waals surface area contributed by atoms with Crippen LogP contribution in [0.5, 0.6) is 0 Å². The third-order valence-corrected chi connectivity index (χ3v) is 1.81. The number of rotatable bonds is 1. The van der Waals surface area contributed by atoms with Crippen molar-refractivity contribution in [2.45, 2.75) is 13.3 Å². The first kappa shape index (κ1) is 8.52. The van der Waals surface area contributed by atoms with Gasteiger partial charge in [0.25, 0.3) is 5.70 Å². The molecule has 2 N–H and O–H groups in total. The van der Waals surface area contributed by atoms with Crippen molar-refractivity contribution in [2.24, 2.45) is 5.73 Å². The molecule has 0 atom stereocenters. The van der Waals surface area contributed by atoms with E-state index in [9.17, 15) is 10.1 Å². The first-order chi connectivity index (χ1) is 5.63. The summed E-state index contributed by atoms with van der Waals surface area (Å²) in [5, 5.41) is 10.5. The van der Waals surface area contributed by atoms with Crippen LogP contribution >= 0.6 is 0 Å². The average Bonchev–Trinajstić information content (AvgIpc) is 2.15. The van der Waals surface area contributed by atoms with Gasteiger partial charge in [-0.2, -0.15) is 0 Å². The van der Waals surface area contributed by atoms with Gasteiger partial charge in [0.1, 0.15) is 0 Å². The lowest BCUT2D eigenvalue weighted by Crippen LogP contribution is -2.06. The van der Waals surface area contributed by atoms with Crippen molar-refractivity contribution in [3.63, 3.8) is 0 Å². The van der Waals surface area contributed by atoms with E-state index in [4.69, 9.17) is 5.73 Å². The van der Waals surface area contributed by atoms with E-state index in [0.29, 0.717) is 17.7 Å². The zero-order chi connectivity index (χ0) is 9.14. The van der Waals surface area contributed by atoms with Crippen LogP contribution in [-0.4, -0.2) is 4.92 Å². The molecule has 0 aromatic heterocycles. The van der Waals surface area contributed by atoms with Gasteiger partial charge in [-0.05, 0) is 13.0 Å². The average molecular weight is 166 g/mol. The molecule has 0 heterocycles. The molecule has 1 aliphatic rings. The molecule has 0 unspecified atom stereocenters. The Morgan fingerprint density at radius 3 is 2.92 bits per heavy atom. The maximum atomic E-state index is 10.5. The Morgan fingerprint density at radius 2 is 2.33 bits per heavy atom. The van der Waals surface area contributed by atoms with E-state index in [2.05, 4.69) is 0 Å². The van der Waals surface area contributed by atoms with Gasteiger partial charge in [0.15, 0.2) is 0 Å². The second-order valence-corrected chi connectivity index (χ2v) is 2.58. The van der Waals surface area contributed by atoms with Crippen molar-refractivity contribution in [1.82, 2.24) is 0 Å². The van der Waals surface area contributed by atoms with Crippen molar-refractivity contribution >= 4 is 0 Å². The molecule has 0 aliphatic heterocycles. The lowest BCUT2D eigenvalue weighted by atomic mass is 10.1. The maximum absolute atomic E-state index is 10.5. The van der Waals surface area contributed by atoms with Crippen LogP contribution in [0.1, 0.15) is 13.3 Å². The number of allylic oxidation sites excluding steroid dienone is 4. The number of nitrogens with two attached hydrogens (primary N) is 1. The maximum Gasteiger partial charge on any atom is 0.254 e. The van der Waals surface area contributed by atoms with Gasteiger partial charge in [-0.15, -0.1) is 0 Å². The predicted octanol–water partition coefficient (Wildman–Crippen LogP) is 1.34. The number of nitrogens with zero attached hydrogens (tertiary/aromatic N) is 1. The van der Waals surface area contributed by atoms with Crippen molar-refractivity contribution in [1.29, 1.82) is 0 Å². The van der Waals surface area contributed by atoms with Gasteiger partial charge < -0.3 is 5.73 Å². The summed E-state index contributed by atoms with van der Waals surface area (Å²) in [4.78, 5) is 10.1. The highest BCUT2D eigenvalue weighted by Crippen LogP contribution is 2.17. The fourth-order valence-electron chi connectivity index (χ4n) is 1.01. The van der Waals surface area contributed by atoms with Crippen LogP contribution in [0.4, 0.5) is 0 Å². The van der Waals surface area contributed by atoms with Gasteiger partial charge in [0, 0.05) is 11.3 Å². The second kappa shape index (κ2) is 3.21. The Balaban J connectivity index is 3.12. The number of hydrogen-bond donors (Lipinski definition) is 1. The molecule has 1 rings (SSSR count). The minimum atomic E-state index is -0.383. The molecule has 0 bridgehead atoms. The molecule has 0 amide bonds. The molecule has 0 saturated heterocycles. The van der Waals surface area contributed by atoms with Crippen LogP contribution < -0.4 is 5.73 Å². The van der Waals surface area contributed by atoms with Gasteiger partial charge in [0.05, 0.1) is 11.3 Å². The fourth-order valence-corrected chi connectivity index (χ4v) is 1.01. The van der Waals surface area contributed by atoms with Gasteiger partial charge in [0.2, 0.25) is 0 Å². The predicted molar refractivity (Wildman–Crippen MR) is 45.7 cm³/mol. The lowest BCUT2D eigenvalue weighted by molar-refractivity contribution is -0.427. The fraction of sp³-hybridized carbons (Fsp3) is 0.250. The van der Waals surface area contributed by atoms with E-state index in [1.807, 2.05) is 0 Å². The summed E-state index contributed by atoms with van der Waals surface area (Å²) < 4.78 is 0. The van der Waals surface area contributed by atoms with Crippen LogP contribution in [0.25, 0.3) is 0 Å². The second-order valence-electron chi connectivity index (χ2n) is 2.58. The first-order valence-corrected chi connectivity index (χ1v) is 3.59. The number of nitro groups is 1. The normalized spacial score (nSPS) is 17.2. The van der Waals surface area contributed by atoms with Crippen LogP contribution in [0, 0.1) is 10.1 Å². The Kier molecular flexibility index (Phi) is 2.28. The molecular formula is C8H10N2O2. The van der Waals surface area contributed by atoms with E-state index in [1.54, 1.807) is 25.2 Å². The summed E-state index contributed by atoms with van der Waals surface area (Å²) in [6, 6.07) is 0. The standard InChI is InChI=1S/C8H10N2O2/c1-6-7(9)4-2-3-5-8(6)10(11)12/h2-4H,5,9H2,1H3. The zero-order valence-electron chi connectivity index (χ0n) is 6.78. The topological polar surface area (TPSA) is 69.2 Å². The minimum Gasteiger partial charge on any atom is -0.398 e. The van der Waals surface area contributed by atoms with Crippen molar-refractivity contribution < 1.29 is 4.92 Å². The van der Waals surface area contributed by atoms with E-state index in [0.717, 1.165) is 0 Å². The van der Waals surface area contributed by atoms with E-state index in [1.165, 1.54) is 0 Å². The van der Waals surface area contributed by atoms with Crippen LogP contribution in [0.15, 0.2) is 35.2 Å². The van der Waals surface area contributed by atoms with Crippen molar-refractivity contribution in [3.8, 4) is 0 Å². The van der Waals surface area contributed by atoms with E-state index < -0.39 is 0 Å². The highest BCUT2D eigenvalue weighted by Gasteiger charge is 2.16. The van der Waals surface area contributed by atoms with Gasteiger partial charge in [-0.1, -0.05) is 12.2 Å². The van der Waals surface area contributed by atoms with Gasteiger partial charge in [-0.3, -0.25) is 10.1 Å². The summed E-state index contributed by atoms with van der Waals surface area (Å²) in [6.07, 6.45) is 5.47. The first-order valence-electron chi connectivity index (χ1n) is 3.59. The van der Waals surface area contributed by atoms with Gasteiger partial charge in [-0.25, -0.2) is 0 Å². The molecule has 12 heavy (non-hydrogen) atoms. The third kappa shape index (κ3) is 1.53. The lowest BCUT2D eigenvalue weighted by Gasteiger charge is -2.00. The molecule has 0 aromatic rings. The summed E-state index contributed by atoms with van der Waals surface area (Å²) in [5.41, 5.74) is 6.76. The summed E-state index contributed by atoms with van der Waals surface area (Å²) in [7, 11) is 0. The minimum absolute atomic E-state index is 0.178. The molecule has 0 aromatic carbocycles. The summed E-state index contributed by atoms with van der Waals surface area (Å²) >= 11 is 0. The Bertz CT molecular complexity index is 300. The van der Waals surface area contributed by atoms with Crippen molar-refractivity contribution in [2.75, 3.05) is 0 Å². The Hall–Kier alpha value is -1.58. The van der Waals surface area contributed by atoms with Gasteiger partial charge >= 0.3 is 0 Å². The monoisotopic (exact) mass is 166 g/mol. The molecule has 0 spiro atoms. The van der Waals surface area contributed by atoms with E-state index in [-0.39, 0.29) is 10.6 Å². The van der Waals surface area contributed by atoms with Crippen LogP contribution in [-0.2, 0) is 0 Å². The van der Waals surface area contributed by atoms with Crippen LogP contribution in [0.3, 0.4) is 0 Å². The zero-order valence-corrected chi connectivity index (χ0v) is 6.78. The molecule has 0 saturated carbocycles. The smallest absolute Gasteiger partial charge is 0.254 e. The molecular weight excluding hydrogens is 156 g/mol. The molecule has 4 nitrogen and oxygen atoms in total. The summed E-state index contributed by atoms with van der Waals surface area (Å²) in [5.74, 6) is 0. The SMILES string of the molecule is CC1=C([N+](=O)[O-])CC=CC=C1N. The van der Waals surface area contributed by atoms with Crippen LogP contribution in [0.2, 0.25) is 0 Å². The molecule has 0 radical (unpaired) electrons. The third-order valence-electron chi connectivity index (χ3n) is 1.81. The Labute approximate surface area is 70.2 Å². The molecule has 1 aliphatic carbocycles. The highest BCUT2D eigenvalue weighted by molar-refractivity contribution is 5.34.